The van der Waals surface area contributed by atoms with E-state index >= 15 is 0 Å². The Bertz CT molecular complexity index is 272. The van der Waals surface area contributed by atoms with Gasteiger partial charge in [-0.2, -0.15) is 0 Å². The maximum atomic E-state index is 5.43. The summed E-state index contributed by atoms with van der Waals surface area (Å²) in [6.45, 7) is 8.91. The van der Waals surface area contributed by atoms with Gasteiger partial charge in [-0.05, 0) is 32.9 Å². The molecular weight excluding hydrogens is 218 g/mol. The van der Waals surface area contributed by atoms with E-state index in [4.69, 9.17) is 13.9 Å². The Morgan fingerprint density at radius 3 is 2.71 bits per heavy atom. The molecule has 1 atom stereocenters. The maximum Gasteiger partial charge on any atom is 0.120 e. The third-order valence-electron chi connectivity index (χ3n) is 2.35. The summed E-state index contributed by atoms with van der Waals surface area (Å²) >= 11 is 0. The van der Waals surface area contributed by atoms with Gasteiger partial charge in [-0.1, -0.05) is 0 Å². The molecule has 1 N–H and O–H groups in total. The van der Waals surface area contributed by atoms with Crippen molar-refractivity contribution in [3.63, 3.8) is 0 Å². The summed E-state index contributed by atoms with van der Waals surface area (Å²) in [4.78, 5) is 0. The van der Waals surface area contributed by atoms with Crippen LogP contribution in [0.5, 0.6) is 0 Å². The van der Waals surface area contributed by atoms with Crippen molar-refractivity contribution in [1.29, 1.82) is 0 Å². The third kappa shape index (κ3) is 6.46. The van der Waals surface area contributed by atoms with Gasteiger partial charge in [0.25, 0.3) is 0 Å². The molecule has 0 aliphatic rings. The predicted molar refractivity (Wildman–Crippen MR) is 67.0 cm³/mol. The van der Waals surface area contributed by atoms with Crippen molar-refractivity contribution in [2.45, 2.75) is 32.9 Å². The van der Waals surface area contributed by atoms with E-state index in [0.717, 1.165) is 12.3 Å². The van der Waals surface area contributed by atoms with Gasteiger partial charge in [-0.15, -0.1) is 0 Å². The molecule has 0 fully saturated rings. The lowest BCUT2D eigenvalue weighted by molar-refractivity contribution is 0.0200. The van der Waals surface area contributed by atoms with Gasteiger partial charge in [0.1, 0.15) is 5.76 Å². The lowest BCUT2D eigenvalue weighted by Gasteiger charge is -2.12. The van der Waals surface area contributed by atoms with Gasteiger partial charge in [0.15, 0.2) is 0 Å². The average Bonchev–Trinajstić information content (AvgIpc) is 2.80. The molecular formula is C13H23NO3. The summed E-state index contributed by atoms with van der Waals surface area (Å²) in [5.74, 6) is 0.952. The topological polar surface area (TPSA) is 43.6 Å². The molecule has 1 aromatic heterocycles. The van der Waals surface area contributed by atoms with E-state index in [9.17, 15) is 0 Å². The first-order valence-corrected chi connectivity index (χ1v) is 6.16. The van der Waals surface area contributed by atoms with E-state index in [2.05, 4.69) is 12.2 Å². The molecule has 0 saturated carbocycles. The highest BCUT2D eigenvalue weighted by Crippen LogP contribution is 2.11. The molecule has 0 bridgehead atoms. The summed E-state index contributed by atoms with van der Waals surface area (Å²) in [7, 11) is 0. The van der Waals surface area contributed by atoms with Crippen molar-refractivity contribution >= 4 is 0 Å². The molecule has 4 heteroatoms. The summed E-state index contributed by atoms with van der Waals surface area (Å²) in [5.41, 5.74) is 0. The first-order valence-electron chi connectivity index (χ1n) is 6.16. The van der Waals surface area contributed by atoms with Crippen molar-refractivity contribution in [3.8, 4) is 0 Å². The maximum absolute atomic E-state index is 5.43. The molecule has 1 aromatic rings. The van der Waals surface area contributed by atoms with Gasteiger partial charge < -0.3 is 19.2 Å². The van der Waals surface area contributed by atoms with Crippen LogP contribution in [-0.2, 0) is 9.47 Å². The van der Waals surface area contributed by atoms with Crippen LogP contribution >= 0.6 is 0 Å². The zero-order chi connectivity index (χ0) is 12.5. The summed E-state index contributed by atoms with van der Waals surface area (Å²) in [6.07, 6.45) is 1.96. The second-order valence-corrected chi connectivity index (χ2v) is 4.22. The number of hydrogen-bond donors (Lipinski definition) is 1. The lowest BCUT2D eigenvalue weighted by Crippen LogP contribution is -2.23. The van der Waals surface area contributed by atoms with E-state index in [1.807, 2.05) is 26.0 Å². The molecule has 17 heavy (non-hydrogen) atoms. The van der Waals surface area contributed by atoms with Crippen LogP contribution in [0, 0.1) is 0 Å². The van der Waals surface area contributed by atoms with Crippen molar-refractivity contribution in [2.24, 2.45) is 0 Å². The van der Waals surface area contributed by atoms with E-state index in [-0.39, 0.29) is 12.1 Å². The lowest BCUT2D eigenvalue weighted by atomic mass is 10.2. The van der Waals surface area contributed by atoms with Gasteiger partial charge in [-0.25, -0.2) is 0 Å². The molecule has 4 nitrogen and oxygen atoms in total. The number of hydrogen-bond acceptors (Lipinski definition) is 4. The fourth-order valence-corrected chi connectivity index (χ4v) is 1.43. The van der Waals surface area contributed by atoms with E-state index in [0.29, 0.717) is 19.8 Å². The molecule has 1 heterocycles. The largest absolute Gasteiger partial charge is 0.468 e. The monoisotopic (exact) mass is 241 g/mol. The average molecular weight is 241 g/mol. The quantitative estimate of drug-likeness (QED) is 0.674. The van der Waals surface area contributed by atoms with Crippen molar-refractivity contribution < 1.29 is 13.9 Å². The van der Waals surface area contributed by atoms with Crippen LogP contribution in [0.25, 0.3) is 0 Å². The zero-order valence-electron chi connectivity index (χ0n) is 10.9. The zero-order valence-corrected chi connectivity index (χ0v) is 10.9. The first-order chi connectivity index (χ1) is 8.20. The number of nitrogens with one attached hydrogen (secondary N) is 1. The van der Waals surface area contributed by atoms with Crippen LogP contribution in [0.2, 0.25) is 0 Å². The Hall–Kier alpha value is -0.840. The van der Waals surface area contributed by atoms with Crippen molar-refractivity contribution in [3.05, 3.63) is 24.2 Å². The van der Waals surface area contributed by atoms with Crippen molar-refractivity contribution in [1.82, 2.24) is 5.32 Å². The summed E-state index contributed by atoms with van der Waals surface area (Å²) in [6, 6.07) is 4.09. The van der Waals surface area contributed by atoms with Crippen LogP contribution in [-0.4, -0.2) is 32.5 Å². The Balaban J connectivity index is 1.94. The van der Waals surface area contributed by atoms with Crippen LogP contribution in [0.4, 0.5) is 0 Å². The second kappa shape index (κ2) is 8.28. The molecule has 0 aliphatic heterocycles. The fourth-order valence-electron chi connectivity index (χ4n) is 1.43. The van der Waals surface area contributed by atoms with Crippen molar-refractivity contribution in [2.75, 3.05) is 26.4 Å². The fraction of sp³-hybridized carbons (Fsp3) is 0.692. The molecule has 0 aromatic carbocycles. The van der Waals surface area contributed by atoms with Gasteiger partial charge in [0.05, 0.1) is 38.2 Å². The van der Waals surface area contributed by atoms with E-state index in [1.165, 1.54) is 0 Å². The van der Waals surface area contributed by atoms with E-state index in [1.54, 1.807) is 6.26 Å². The van der Waals surface area contributed by atoms with Crippen LogP contribution in [0.1, 0.15) is 32.6 Å². The standard InChI is InChI=1S/C13H23NO3/c1-11(2)16-10-9-15-8-6-14-12(3)13-5-4-7-17-13/h4-5,7,11-12,14H,6,8-10H2,1-3H3. The smallest absolute Gasteiger partial charge is 0.120 e. The Kier molecular flexibility index (Phi) is 6.93. The minimum Gasteiger partial charge on any atom is -0.468 e. The molecule has 0 spiro atoms. The summed E-state index contributed by atoms with van der Waals surface area (Å²) in [5, 5.41) is 3.33. The Morgan fingerprint density at radius 1 is 1.24 bits per heavy atom. The Labute approximate surface area is 103 Å². The molecule has 0 radical (unpaired) electrons. The SMILES string of the molecule is CC(C)OCCOCCNC(C)c1ccco1. The highest BCUT2D eigenvalue weighted by molar-refractivity contribution is 5.02. The van der Waals surface area contributed by atoms with Crippen LogP contribution in [0.3, 0.4) is 0 Å². The molecule has 0 aliphatic carbocycles. The minimum absolute atomic E-state index is 0.223. The minimum atomic E-state index is 0.223. The second-order valence-electron chi connectivity index (χ2n) is 4.22. The van der Waals surface area contributed by atoms with Gasteiger partial charge in [0.2, 0.25) is 0 Å². The first kappa shape index (κ1) is 14.2. The van der Waals surface area contributed by atoms with Gasteiger partial charge in [-0.3, -0.25) is 0 Å². The predicted octanol–water partition coefficient (Wildman–Crippen LogP) is 2.37. The highest BCUT2D eigenvalue weighted by atomic mass is 16.5. The molecule has 0 amide bonds. The van der Waals surface area contributed by atoms with E-state index < -0.39 is 0 Å². The molecule has 1 rings (SSSR count). The normalized spacial score (nSPS) is 13.2. The molecule has 98 valence electrons. The highest BCUT2D eigenvalue weighted by Gasteiger charge is 2.05. The number of furan rings is 1. The molecule has 0 saturated heterocycles. The van der Waals surface area contributed by atoms with Crippen LogP contribution < -0.4 is 5.32 Å². The third-order valence-corrected chi connectivity index (χ3v) is 2.35. The number of ether oxygens (including phenoxy) is 2. The summed E-state index contributed by atoms with van der Waals surface area (Å²) < 4.78 is 16.1. The van der Waals surface area contributed by atoms with Gasteiger partial charge in [0, 0.05) is 6.54 Å². The Morgan fingerprint density at radius 2 is 2.06 bits per heavy atom. The molecule has 1 unspecified atom stereocenters. The van der Waals surface area contributed by atoms with Crippen LogP contribution in [0.15, 0.2) is 22.8 Å². The number of rotatable bonds is 9. The van der Waals surface area contributed by atoms with Gasteiger partial charge >= 0.3 is 0 Å².